The molecule has 90 valence electrons. The number of nitrogens with one attached hydrogen (secondary N) is 1. The summed E-state index contributed by atoms with van der Waals surface area (Å²) in [7, 11) is 0. The van der Waals surface area contributed by atoms with Crippen LogP contribution in [0.2, 0.25) is 0 Å². The second-order valence-electron chi connectivity index (χ2n) is 3.92. The summed E-state index contributed by atoms with van der Waals surface area (Å²) in [5.41, 5.74) is 9.17. The lowest BCUT2D eigenvalue weighted by molar-refractivity contribution is 1.06. The Labute approximate surface area is 106 Å². The van der Waals surface area contributed by atoms with E-state index in [1.807, 2.05) is 36.4 Å². The van der Waals surface area contributed by atoms with Gasteiger partial charge >= 0.3 is 0 Å². The molecule has 0 aliphatic rings. The number of aromatic nitrogens is 1. The van der Waals surface area contributed by atoms with Crippen LogP contribution in [0.25, 0.3) is 0 Å². The van der Waals surface area contributed by atoms with Gasteiger partial charge in [0.2, 0.25) is 0 Å². The van der Waals surface area contributed by atoms with Crippen LogP contribution in [0.5, 0.6) is 0 Å². The van der Waals surface area contributed by atoms with Crippen LogP contribution in [0.15, 0.2) is 42.6 Å². The molecule has 0 saturated heterocycles. The molecule has 0 aliphatic heterocycles. The lowest BCUT2D eigenvalue weighted by Gasteiger charge is -2.06. The lowest BCUT2D eigenvalue weighted by Crippen LogP contribution is -2.01. The minimum absolute atomic E-state index is 0.424. The Hall–Kier alpha value is -2.38. The van der Waals surface area contributed by atoms with Gasteiger partial charge in [0.05, 0.1) is 11.9 Å². The van der Waals surface area contributed by atoms with Gasteiger partial charge in [-0.3, -0.25) is 0 Å². The first-order valence-electron chi connectivity index (χ1n) is 5.70. The number of rotatable bonds is 4. The number of nitrogens with two attached hydrogens (primary N) is 1. The summed E-state index contributed by atoms with van der Waals surface area (Å²) in [5, 5.41) is 11.9. The van der Waals surface area contributed by atoms with Crippen LogP contribution in [0.1, 0.15) is 16.8 Å². The van der Waals surface area contributed by atoms with E-state index in [1.54, 1.807) is 12.3 Å². The fraction of sp³-hybridized carbons (Fsp3) is 0.143. The Morgan fingerprint density at radius 1 is 1.11 bits per heavy atom. The third-order valence-corrected chi connectivity index (χ3v) is 2.63. The summed E-state index contributed by atoms with van der Waals surface area (Å²) < 4.78 is 0. The number of pyridine rings is 1. The molecule has 0 atom stereocenters. The quantitative estimate of drug-likeness (QED) is 0.854. The molecule has 0 fully saturated rings. The number of nitriles is 1. The molecule has 1 aromatic carbocycles. The Balaban J connectivity index is 1.95. The van der Waals surface area contributed by atoms with Gasteiger partial charge in [0.15, 0.2) is 0 Å². The number of nitrogens with zero attached hydrogens (tertiary/aromatic N) is 2. The molecule has 1 aromatic heterocycles. The molecule has 2 rings (SSSR count). The van der Waals surface area contributed by atoms with Crippen molar-refractivity contribution in [3.8, 4) is 6.07 Å². The molecule has 0 radical (unpaired) electrons. The molecule has 0 saturated carbocycles. The summed E-state index contributed by atoms with van der Waals surface area (Å²) >= 11 is 0. The van der Waals surface area contributed by atoms with E-state index in [9.17, 15) is 0 Å². The Morgan fingerprint density at radius 3 is 2.39 bits per heavy atom. The van der Waals surface area contributed by atoms with Crippen molar-refractivity contribution in [2.45, 2.75) is 13.1 Å². The van der Waals surface area contributed by atoms with Crippen molar-refractivity contribution in [1.29, 1.82) is 5.26 Å². The molecular weight excluding hydrogens is 224 g/mol. The van der Waals surface area contributed by atoms with E-state index in [4.69, 9.17) is 11.0 Å². The second kappa shape index (κ2) is 5.80. The van der Waals surface area contributed by atoms with Crippen molar-refractivity contribution in [3.05, 3.63) is 59.4 Å². The van der Waals surface area contributed by atoms with E-state index < -0.39 is 0 Å². The summed E-state index contributed by atoms with van der Waals surface area (Å²) in [5.74, 6) is 0. The van der Waals surface area contributed by atoms with E-state index in [2.05, 4.69) is 10.3 Å². The highest BCUT2D eigenvalue weighted by molar-refractivity contribution is 5.43. The summed E-state index contributed by atoms with van der Waals surface area (Å²) in [6, 6.07) is 13.7. The first-order valence-corrected chi connectivity index (χ1v) is 5.70. The zero-order chi connectivity index (χ0) is 12.8. The molecule has 0 aliphatic carbocycles. The molecule has 3 N–H and O–H groups in total. The first-order chi connectivity index (χ1) is 8.81. The van der Waals surface area contributed by atoms with E-state index in [0.717, 1.165) is 17.8 Å². The van der Waals surface area contributed by atoms with Gasteiger partial charge in [-0.05, 0) is 23.3 Å². The average Bonchev–Trinajstić information content (AvgIpc) is 2.46. The van der Waals surface area contributed by atoms with Crippen LogP contribution < -0.4 is 11.1 Å². The number of benzene rings is 1. The average molecular weight is 238 g/mol. The maximum atomic E-state index is 8.64. The zero-order valence-electron chi connectivity index (χ0n) is 9.93. The molecule has 4 nitrogen and oxygen atoms in total. The predicted molar refractivity (Wildman–Crippen MR) is 70.6 cm³/mol. The maximum absolute atomic E-state index is 8.64. The SMILES string of the molecule is N#Cc1ccc(NCc2ccc(CN)cc2)cn1. The predicted octanol–water partition coefficient (Wildman–Crippen LogP) is 2.02. The molecule has 0 amide bonds. The number of anilines is 1. The first kappa shape index (κ1) is 12.1. The van der Waals surface area contributed by atoms with E-state index in [0.29, 0.717) is 12.2 Å². The molecule has 0 spiro atoms. The summed E-state index contributed by atoms with van der Waals surface area (Å²) in [6.45, 7) is 1.28. The third kappa shape index (κ3) is 3.06. The monoisotopic (exact) mass is 238 g/mol. The minimum Gasteiger partial charge on any atom is -0.380 e. The van der Waals surface area contributed by atoms with Gasteiger partial charge < -0.3 is 11.1 Å². The van der Waals surface area contributed by atoms with Crippen molar-refractivity contribution >= 4 is 5.69 Å². The van der Waals surface area contributed by atoms with Crippen LogP contribution in [-0.2, 0) is 13.1 Å². The fourth-order valence-corrected chi connectivity index (χ4v) is 1.56. The normalized spacial score (nSPS) is 9.78. The van der Waals surface area contributed by atoms with Crippen molar-refractivity contribution in [3.63, 3.8) is 0 Å². The van der Waals surface area contributed by atoms with Gasteiger partial charge in [0.25, 0.3) is 0 Å². The van der Waals surface area contributed by atoms with Crippen LogP contribution in [-0.4, -0.2) is 4.98 Å². The molecule has 0 unspecified atom stereocenters. The van der Waals surface area contributed by atoms with E-state index in [-0.39, 0.29) is 0 Å². The molecule has 18 heavy (non-hydrogen) atoms. The van der Waals surface area contributed by atoms with Crippen molar-refractivity contribution in [2.75, 3.05) is 5.32 Å². The van der Waals surface area contributed by atoms with Crippen LogP contribution in [0.4, 0.5) is 5.69 Å². The Bertz CT molecular complexity index is 538. The minimum atomic E-state index is 0.424. The third-order valence-electron chi connectivity index (χ3n) is 2.63. The standard InChI is InChI=1S/C14H14N4/c15-7-11-1-3-12(4-2-11)9-17-14-6-5-13(8-16)18-10-14/h1-6,10,17H,7,9,15H2. The number of hydrogen-bond donors (Lipinski definition) is 2. The van der Waals surface area contributed by atoms with Crippen LogP contribution in [0, 0.1) is 11.3 Å². The van der Waals surface area contributed by atoms with Gasteiger partial charge in [-0.2, -0.15) is 5.26 Å². The topological polar surface area (TPSA) is 74.7 Å². The van der Waals surface area contributed by atoms with Gasteiger partial charge in [-0.1, -0.05) is 24.3 Å². The lowest BCUT2D eigenvalue weighted by atomic mass is 10.1. The van der Waals surface area contributed by atoms with E-state index in [1.165, 1.54) is 5.56 Å². The molecular formula is C14H14N4. The maximum Gasteiger partial charge on any atom is 0.140 e. The fourth-order valence-electron chi connectivity index (χ4n) is 1.56. The Morgan fingerprint density at radius 2 is 1.83 bits per heavy atom. The Kier molecular flexibility index (Phi) is 3.90. The highest BCUT2D eigenvalue weighted by Gasteiger charge is 1.96. The molecule has 1 heterocycles. The van der Waals surface area contributed by atoms with Crippen LogP contribution in [0.3, 0.4) is 0 Å². The molecule has 4 heteroatoms. The smallest absolute Gasteiger partial charge is 0.140 e. The zero-order valence-corrected chi connectivity index (χ0v) is 9.93. The van der Waals surface area contributed by atoms with Gasteiger partial charge in [-0.15, -0.1) is 0 Å². The van der Waals surface area contributed by atoms with Gasteiger partial charge in [-0.25, -0.2) is 4.98 Å². The van der Waals surface area contributed by atoms with E-state index >= 15 is 0 Å². The molecule has 0 bridgehead atoms. The second-order valence-corrected chi connectivity index (χ2v) is 3.92. The van der Waals surface area contributed by atoms with Gasteiger partial charge in [0, 0.05) is 13.1 Å². The highest BCUT2D eigenvalue weighted by Crippen LogP contribution is 2.09. The van der Waals surface area contributed by atoms with Crippen molar-refractivity contribution < 1.29 is 0 Å². The van der Waals surface area contributed by atoms with Crippen molar-refractivity contribution in [1.82, 2.24) is 4.98 Å². The summed E-state index contributed by atoms with van der Waals surface area (Å²) in [4.78, 5) is 4.00. The van der Waals surface area contributed by atoms with Crippen molar-refractivity contribution in [2.24, 2.45) is 5.73 Å². The molecule has 2 aromatic rings. The largest absolute Gasteiger partial charge is 0.380 e. The van der Waals surface area contributed by atoms with Crippen LogP contribution >= 0.6 is 0 Å². The van der Waals surface area contributed by atoms with Gasteiger partial charge in [0.1, 0.15) is 11.8 Å². The highest BCUT2D eigenvalue weighted by atomic mass is 14.9. The number of hydrogen-bond acceptors (Lipinski definition) is 4. The summed E-state index contributed by atoms with van der Waals surface area (Å²) in [6.07, 6.45) is 1.66.